The van der Waals surface area contributed by atoms with Crippen LogP contribution in [0.1, 0.15) is 24.0 Å². The first-order valence-electron chi connectivity index (χ1n) is 10.2. The van der Waals surface area contributed by atoms with E-state index in [0.717, 1.165) is 11.1 Å². The van der Waals surface area contributed by atoms with Crippen LogP contribution in [0, 0.1) is 10.1 Å². The Labute approximate surface area is 200 Å². The molecule has 0 heterocycles. The topological polar surface area (TPSA) is 123 Å². The molecule has 0 saturated heterocycles. The number of nitro groups is 1. The fourth-order valence-corrected chi connectivity index (χ4v) is 2.97. The molecule has 0 fully saturated rings. The number of ether oxygens (including phenoxy) is 1. The van der Waals surface area contributed by atoms with E-state index in [2.05, 4.69) is 15.8 Å². The second-order valence-electron chi connectivity index (χ2n) is 7.13. The largest absolute Gasteiger partial charge is 0.489 e. The van der Waals surface area contributed by atoms with Crippen LogP contribution in [0.3, 0.4) is 0 Å². The highest BCUT2D eigenvalue weighted by Crippen LogP contribution is 2.17. The number of amides is 2. The molecule has 0 aliphatic heterocycles. The van der Waals surface area contributed by atoms with Gasteiger partial charge in [-0.05, 0) is 65.7 Å². The number of hydrogen-bond donors (Lipinski definition) is 2. The van der Waals surface area contributed by atoms with Gasteiger partial charge in [0.05, 0.1) is 11.1 Å². The zero-order chi connectivity index (χ0) is 24.3. The predicted molar refractivity (Wildman–Crippen MR) is 129 cm³/mol. The molecule has 9 nitrogen and oxygen atoms in total. The molecule has 0 spiro atoms. The third kappa shape index (κ3) is 8.03. The SMILES string of the molecule is O=C(CCC(=O)Nc1cccc(Cl)c1)NN=Cc1ccc(OCc2ccc([N+](=O)[O-])cc2)cc1. The van der Waals surface area contributed by atoms with Gasteiger partial charge in [-0.3, -0.25) is 19.7 Å². The highest BCUT2D eigenvalue weighted by atomic mass is 35.5. The van der Waals surface area contributed by atoms with Crippen LogP contribution in [-0.4, -0.2) is 23.0 Å². The van der Waals surface area contributed by atoms with Crippen molar-refractivity contribution in [3.63, 3.8) is 0 Å². The van der Waals surface area contributed by atoms with Crippen LogP contribution in [-0.2, 0) is 16.2 Å². The molecule has 0 saturated carbocycles. The van der Waals surface area contributed by atoms with Crippen LogP contribution >= 0.6 is 11.6 Å². The standard InChI is InChI=1S/C24H21ClN4O5/c25-19-2-1-3-20(14-19)27-23(30)12-13-24(31)28-26-15-17-6-10-22(11-7-17)34-16-18-4-8-21(9-5-18)29(32)33/h1-11,14-15H,12-13,16H2,(H,27,30)(H,28,31). The molecule has 0 aliphatic rings. The molecule has 0 atom stereocenters. The second-order valence-corrected chi connectivity index (χ2v) is 7.57. The summed E-state index contributed by atoms with van der Waals surface area (Å²) in [5.74, 6) is -0.0727. The number of halogens is 1. The number of benzene rings is 3. The first kappa shape index (κ1) is 24.4. The van der Waals surface area contributed by atoms with Gasteiger partial charge in [-0.25, -0.2) is 5.43 Å². The van der Waals surface area contributed by atoms with Crippen molar-refractivity contribution in [2.75, 3.05) is 5.32 Å². The fraction of sp³-hybridized carbons (Fsp3) is 0.125. The molecule has 2 amide bonds. The van der Waals surface area contributed by atoms with Gasteiger partial charge in [-0.1, -0.05) is 17.7 Å². The second kappa shape index (κ2) is 12.1. The van der Waals surface area contributed by atoms with E-state index in [-0.39, 0.29) is 37.0 Å². The molecule has 0 unspecified atom stereocenters. The number of carbonyl (C=O) groups is 2. The van der Waals surface area contributed by atoms with Crippen LogP contribution in [0.2, 0.25) is 5.02 Å². The van der Waals surface area contributed by atoms with E-state index in [1.54, 1.807) is 60.7 Å². The van der Waals surface area contributed by atoms with Gasteiger partial charge in [0.1, 0.15) is 12.4 Å². The summed E-state index contributed by atoms with van der Waals surface area (Å²) in [5.41, 5.74) is 4.52. The Balaban J connectivity index is 1.38. The van der Waals surface area contributed by atoms with E-state index in [1.807, 2.05) is 0 Å². The summed E-state index contributed by atoms with van der Waals surface area (Å²) >= 11 is 5.87. The van der Waals surface area contributed by atoms with Crippen LogP contribution in [0.5, 0.6) is 5.75 Å². The van der Waals surface area contributed by atoms with Crippen molar-refractivity contribution >= 4 is 41.0 Å². The van der Waals surface area contributed by atoms with E-state index >= 15 is 0 Å². The van der Waals surface area contributed by atoms with E-state index < -0.39 is 4.92 Å². The first-order chi connectivity index (χ1) is 16.4. The van der Waals surface area contributed by atoms with Gasteiger partial charge in [-0.15, -0.1) is 0 Å². The Bertz CT molecular complexity index is 1180. The van der Waals surface area contributed by atoms with Gasteiger partial charge in [-0.2, -0.15) is 5.10 Å². The molecule has 0 aliphatic carbocycles. The normalized spacial score (nSPS) is 10.6. The molecular formula is C24H21ClN4O5. The highest BCUT2D eigenvalue weighted by Gasteiger charge is 2.07. The highest BCUT2D eigenvalue weighted by molar-refractivity contribution is 6.30. The summed E-state index contributed by atoms with van der Waals surface area (Å²) in [7, 11) is 0. The van der Waals surface area contributed by atoms with Gasteiger partial charge in [0.15, 0.2) is 0 Å². The van der Waals surface area contributed by atoms with Crippen molar-refractivity contribution in [2.24, 2.45) is 5.10 Å². The summed E-state index contributed by atoms with van der Waals surface area (Å²) in [6.07, 6.45) is 1.47. The molecule has 0 bridgehead atoms. The summed E-state index contributed by atoms with van der Waals surface area (Å²) in [4.78, 5) is 34.1. The lowest BCUT2D eigenvalue weighted by Crippen LogP contribution is -2.20. The number of hydrazone groups is 1. The third-order valence-electron chi connectivity index (χ3n) is 4.52. The van der Waals surface area contributed by atoms with E-state index in [4.69, 9.17) is 16.3 Å². The molecule has 10 heteroatoms. The Morgan fingerprint density at radius 1 is 1.00 bits per heavy atom. The number of non-ortho nitro benzene ring substituents is 1. The quantitative estimate of drug-likeness (QED) is 0.247. The van der Waals surface area contributed by atoms with Crippen LogP contribution in [0.25, 0.3) is 0 Å². The molecule has 3 aromatic rings. The predicted octanol–water partition coefficient (Wildman–Crippen LogP) is 4.70. The lowest BCUT2D eigenvalue weighted by atomic mass is 10.2. The van der Waals surface area contributed by atoms with Crippen LogP contribution in [0.15, 0.2) is 77.9 Å². The maximum atomic E-state index is 11.9. The number of nitrogens with one attached hydrogen (secondary N) is 2. The Kier molecular flexibility index (Phi) is 8.70. The third-order valence-corrected chi connectivity index (χ3v) is 4.76. The molecule has 174 valence electrons. The van der Waals surface area contributed by atoms with Crippen molar-refractivity contribution in [3.05, 3.63) is 99.1 Å². The van der Waals surface area contributed by atoms with Gasteiger partial charge in [0, 0.05) is 35.7 Å². The molecule has 34 heavy (non-hydrogen) atoms. The average molecular weight is 481 g/mol. The maximum absolute atomic E-state index is 11.9. The van der Waals surface area contributed by atoms with Gasteiger partial charge in [0.25, 0.3) is 5.69 Å². The van der Waals surface area contributed by atoms with Crippen molar-refractivity contribution in [3.8, 4) is 5.75 Å². The van der Waals surface area contributed by atoms with Gasteiger partial charge >= 0.3 is 0 Å². The number of nitro benzene ring substituents is 1. The summed E-state index contributed by atoms with van der Waals surface area (Å²) < 4.78 is 5.66. The first-order valence-corrected chi connectivity index (χ1v) is 10.6. The maximum Gasteiger partial charge on any atom is 0.269 e. The minimum absolute atomic E-state index is 0.00859. The smallest absolute Gasteiger partial charge is 0.269 e. The number of rotatable bonds is 10. The lowest BCUT2D eigenvalue weighted by molar-refractivity contribution is -0.384. The average Bonchev–Trinajstić information content (AvgIpc) is 2.82. The molecule has 3 rings (SSSR count). The monoisotopic (exact) mass is 480 g/mol. The summed E-state index contributed by atoms with van der Waals surface area (Å²) in [6, 6.07) is 19.9. The molecule has 2 N–H and O–H groups in total. The zero-order valence-electron chi connectivity index (χ0n) is 17.9. The van der Waals surface area contributed by atoms with Crippen LogP contribution in [0.4, 0.5) is 11.4 Å². The Hall–Kier alpha value is -4.24. The Morgan fingerprint density at radius 3 is 2.38 bits per heavy atom. The fourth-order valence-electron chi connectivity index (χ4n) is 2.78. The van der Waals surface area contributed by atoms with Crippen LogP contribution < -0.4 is 15.5 Å². The van der Waals surface area contributed by atoms with Crippen molar-refractivity contribution in [1.82, 2.24) is 5.43 Å². The number of nitrogens with zero attached hydrogens (tertiary/aromatic N) is 2. The minimum atomic E-state index is -0.452. The molecule has 3 aromatic carbocycles. The number of anilines is 1. The van der Waals surface area contributed by atoms with Crippen molar-refractivity contribution < 1.29 is 19.2 Å². The van der Waals surface area contributed by atoms with Crippen molar-refractivity contribution in [1.29, 1.82) is 0 Å². The summed E-state index contributed by atoms with van der Waals surface area (Å²) in [6.45, 7) is 0.270. The molecule has 0 radical (unpaired) electrons. The Morgan fingerprint density at radius 2 is 1.71 bits per heavy atom. The molecule has 0 aromatic heterocycles. The van der Waals surface area contributed by atoms with Gasteiger partial charge < -0.3 is 10.1 Å². The summed E-state index contributed by atoms with van der Waals surface area (Å²) in [5, 5.41) is 17.8. The number of hydrogen-bond acceptors (Lipinski definition) is 6. The molecular weight excluding hydrogens is 460 g/mol. The van der Waals surface area contributed by atoms with E-state index in [0.29, 0.717) is 16.5 Å². The number of carbonyl (C=O) groups excluding carboxylic acids is 2. The van der Waals surface area contributed by atoms with E-state index in [9.17, 15) is 19.7 Å². The van der Waals surface area contributed by atoms with Crippen molar-refractivity contribution in [2.45, 2.75) is 19.4 Å². The van der Waals surface area contributed by atoms with E-state index in [1.165, 1.54) is 18.3 Å². The van der Waals surface area contributed by atoms with Gasteiger partial charge in [0.2, 0.25) is 11.8 Å². The zero-order valence-corrected chi connectivity index (χ0v) is 18.7. The minimum Gasteiger partial charge on any atom is -0.489 e. The lowest BCUT2D eigenvalue weighted by Gasteiger charge is -2.06.